The van der Waals surface area contributed by atoms with Crippen LogP contribution in [0.3, 0.4) is 0 Å². The molecular weight excluding hydrogens is 291 g/mol. The summed E-state index contributed by atoms with van der Waals surface area (Å²) in [5, 5.41) is -0.192. The van der Waals surface area contributed by atoms with Gasteiger partial charge in [0.05, 0.1) is 5.02 Å². The fourth-order valence-corrected chi connectivity index (χ4v) is 4.36. The third-order valence-electron chi connectivity index (χ3n) is 3.35. The SMILES string of the molecule is NC[C@H]1CCCCN1S(=O)(=O)c1cccc(Cl)c1F. The summed E-state index contributed by atoms with van der Waals surface area (Å²) in [7, 11) is -3.88. The van der Waals surface area contributed by atoms with Crippen molar-refractivity contribution in [3.8, 4) is 0 Å². The van der Waals surface area contributed by atoms with Crippen molar-refractivity contribution in [2.75, 3.05) is 13.1 Å². The molecule has 1 aromatic carbocycles. The van der Waals surface area contributed by atoms with Gasteiger partial charge in [-0.05, 0) is 25.0 Å². The van der Waals surface area contributed by atoms with Gasteiger partial charge in [-0.1, -0.05) is 24.1 Å². The lowest BCUT2D eigenvalue weighted by Crippen LogP contribution is -2.47. The van der Waals surface area contributed by atoms with Gasteiger partial charge in [-0.15, -0.1) is 0 Å². The van der Waals surface area contributed by atoms with Crippen LogP contribution < -0.4 is 5.73 Å². The van der Waals surface area contributed by atoms with E-state index in [-0.39, 0.29) is 22.5 Å². The monoisotopic (exact) mass is 306 g/mol. The molecule has 19 heavy (non-hydrogen) atoms. The molecule has 1 saturated heterocycles. The molecule has 0 aliphatic carbocycles. The molecule has 1 aliphatic heterocycles. The molecule has 1 fully saturated rings. The zero-order chi connectivity index (χ0) is 14.0. The van der Waals surface area contributed by atoms with Crippen molar-refractivity contribution in [2.24, 2.45) is 5.73 Å². The standard InChI is InChI=1S/C12H16ClFN2O2S/c13-10-5-3-6-11(12(10)14)19(17,18)16-7-2-1-4-9(16)8-15/h3,5-6,9H,1-2,4,7-8,15H2/t9-/m1/s1. The summed E-state index contributed by atoms with van der Waals surface area (Å²) >= 11 is 5.65. The van der Waals surface area contributed by atoms with E-state index in [1.165, 1.54) is 22.5 Å². The number of benzene rings is 1. The van der Waals surface area contributed by atoms with Crippen LogP contribution >= 0.6 is 11.6 Å². The van der Waals surface area contributed by atoms with Crippen LogP contribution in [0.15, 0.2) is 23.1 Å². The smallest absolute Gasteiger partial charge is 0.246 e. The first-order valence-corrected chi connectivity index (χ1v) is 7.96. The van der Waals surface area contributed by atoms with Crippen molar-refractivity contribution < 1.29 is 12.8 Å². The highest BCUT2D eigenvalue weighted by atomic mass is 35.5. The molecule has 0 radical (unpaired) electrons. The van der Waals surface area contributed by atoms with E-state index in [2.05, 4.69) is 0 Å². The van der Waals surface area contributed by atoms with Gasteiger partial charge in [0.25, 0.3) is 0 Å². The Morgan fingerprint density at radius 2 is 2.16 bits per heavy atom. The molecule has 106 valence electrons. The summed E-state index contributed by atoms with van der Waals surface area (Å²) in [6.45, 7) is 0.609. The van der Waals surface area contributed by atoms with Gasteiger partial charge in [0, 0.05) is 19.1 Å². The molecule has 1 aromatic rings. The Labute approximate surface area is 117 Å². The normalized spacial score (nSPS) is 21.5. The second-order valence-corrected chi connectivity index (χ2v) is 6.82. The number of sulfonamides is 1. The lowest BCUT2D eigenvalue weighted by Gasteiger charge is -2.33. The van der Waals surface area contributed by atoms with Crippen molar-refractivity contribution in [3.63, 3.8) is 0 Å². The minimum Gasteiger partial charge on any atom is -0.329 e. The fourth-order valence-electron chi connectivity index (χ4n) is 2.34. The minimum absolute atomic E-state index is 0.192. The zero-order valence-electron chi connectivity index (χ0n) is 10.4. The highest BCUT2D eigenvalue weighted by molar-refractivity contribution is 7.89. The number of halogens is 2. The summed E-state index contributed by atoms with van der Waals surface area (Å²) in [5.74, 6) is -0.898. The average molecular weight is 307 g/mol. The van der Waals surface area contributed by atoms with Gasteiger partial charge in [-0.25, -0.2) is 12.8 Å². The van der Waals surface area contributed by atoms with Crippen LogP contribution in [0.1, 0.15) is 19.3 Å². The van der Waals surface area contributed by atoms with Crippen LogP contribution in [-0.2, 0) is 10.0 Å². The van der Waals surface area contributed by atoms with Crippen LogP contribution in [-0.4, -0.2) is 31.9 Å². The Bertz CT molecular complexity index is 565. The van der Waals surface area contributed by atoms with E-state index in [4.69, 9.17) is 17.3 Å². The maximum absolute atomic E-state index is 13.9. The van der Waals surface area contributed by atoms with E-state index in [0.29, 0.717) is 13.0 Å². The van der Waals surface area contributed by atoms with Gasteiger partial charge in [-0.3, -0.25) is 0 Å². The molecule has 2 N–H and O–H groups in total. The van der Waals surface area contributed by atoms with Crippen LogP contribution in [0.4, 0.5) is 4.39 Å². The van der Waals surface area contributed by atoms with Gasteiger partial charge in [0.2, 0.25) is 10.0 Å². The lowest BCUT2D eigenvalue weighted by atomic mass is 10.1. The minimum atomic E-state index is -3.88. The summed E-state index contributed by atoms with van der Waals surface area (Å²) in [6.07, 6.45) is 2.40. The third kappa shape index (κ3) is 2.76. The summed E-state index contributed by atoms with van der Waals surface area (Å²) in [6, 6.07) is 3.72. The Balaban J connectivity index is 2.44. The molecule has 1 atom stereocenters. The molecule has 1 heterocycles. The second-order valence-electron chi connectivity index (χ2n) is 4.55. The fraction of sp³-hybridized carbons (Fsp3) is 0.500. The second kappa shape index (κ2) is 5.75. The first kappa shape index (κ1) is 14.7. The quantitative estimate of drug-likeness (QED) is 0.929. The summed E-state index contributed by atoms with van der Waals surface area (Å²) in [4.78, 5) is -0.375. The molecule has 0 bridgehead atoms. The maximum Gasteiger partial charge on any atom is 0.246 e. The number of piperidine rings is 1. The lowest BCUT2D eigenvalue weighted by molar-refractivity contribution is 0.257. The van der Waals surface area contributed by atoms with Gasteiger partial charge in [0.15, 0.2) is 5.82 Å². The number of nitrogens with zero attached hydrogens (tertiary/aromatic N) is 1. The zero-order valence-corrected chi connectivity index (χ0v) is 11.9. The molecule has 4 nitrogen and oxygen atoms in total. The Morgan fingerprint density at radius 3 is 2.84 bits per heavy atom. The van der Waals surface area contributed by atoms with Crippen molar-refractivity contribution >= 4 is 21.6 Å². The molecule has 7 heteroatoms. The molecule has 0 spiro atoms. The molecular formula is C12H16ClFN2O2S. The number of nitrogens with two attached hydrogens (primary N) is 1. The first-order chi connectivity index (χ1) is 8.98. The largest absolute Gasteiger partial charge is 0.329 e. The highest BCUT2D eigenvalue weighted by Crippen LogP contribution is 2.28. The Kier molecular flexibility index (Phi) is 4.45. The van der Waals surface area contributed by atoms with E-state index in [0.717, 1.165) is 12.8 Å². The number of hydrogen-bond acceptors (Lipinski definition) is 3. The van der Waals surface area contributed by atoms with Crippen molar-refractivity contribution in [1.82, 2.24) is 4.31 Å². The molecule has 0 saturated carbocycles. The van der Waals surface area contributed by atoms with Crippen LogP contribution in [0.25, 0.3) is 0 Å². The van der Waals surface area contributed by atoms with Crippen LogP contribution in [0.2, 0.25) is 5.02 Å². The topological polar surface area (TPSA) is 63.4 Å². The van der Waals surface area contributed by atoms with Gasteiger partial charge in [-0.2, -0.15) is 4.31 Å². The third-order valence-corrected chi connectivity index (χ3v) is 5.61. The van der Waals surface area contributed by atoms with E-state index < -0.39 is 15.8 Å². The van der Waals surface area contributed by atoms with E-state index in [9.17, 15) is 12.8 Å². The van der Waals surface area contributed by atoms with E-state index in [1.54, 1.807) is 0 Å². The molecule has 0 aromatic heterocycles. The predicted octanol–water partition coefficient (Wildman–Crippen LogP) is 1.98. The Hall–Kier alpha value is -0.690. The van der Waals surface area contributed by atoms with E-state index in [1.807, 2.05) is 0 Å². The Morgan fingerprint density at radius 1 is 1.42 bits per heavy atom. The van der Waals surface area contributed by atoms with Crippen LogP contribution in [0, 0.1) is 5.82 Å². The molecule has 0 unspecified atom stereocenters. The van der Waals surface area contributed by atoms with Gasteiger partial charge >= 0.3 is 0 Å². The maximum atomic E-state index is 13.9. The average Bonchev–Trinajstić information content (AvgIpc) is 2.41. The molecule has 1 aliphatic rings. The first-order valence-electron chi connectivity index (χ1n) is 6.14. The highest BCUT2D eigenvalue weighted by Gasteiger charge is 2.34. The summed E-state index contributed by atoms with van der Waals surface area (Å²) in [5.41, 5.74) is 5.61. The van der Waals surface area contributed by atoms with Crippen molar-refractivity contribution in [2.45, 2.75) is 30.2 Å². The van der Waals surface area contributed by atoms with Gasteiger partial charge < -0.3 is 5.73 Å². The van der Waals surface area contributed by atoms with Crippen molar-refractivity contribution in [1.29, 1.82) is 0 Å². The van der Waals surface area contributed by atoms with Gasteiger partial charge in [0.1, 0.15) is 4.90 Å². The predicted molar refractivity (Wildman–Crippen MR) is 72.0 cm³/mol. The van der Waals surface area contributed by atoms with Crippen LogP contribution in [0.5, 0.6) is 0 Å². The van der Waals surface area contributed by atoms with E-state index >= 15 is 0 Å². The van der Waals surface area contributed by atoms with Crippen molar-refractivity contribution in [3.05, 3.63) is 29.0 Å². The summed E-state index contributed by atoms with van der Waals surface area (Å²) < 4.78 is 40.2. The molecule has 0 amide bonds. The molecule has 2 rings (SSSR count). The number of hydrogen-bond donors (Lipinski definition) is 1. The number of rotatable bonds is 3.